The number of ether oxygens (including phenoxy) is 2. The van der Waals surface area contributed by atoms with Crippen LogP contribution < -0.4 is 25.7 Å². The van der Waals surface area contributed by atoms with Crippen molar-refractivity contribution in [3.05, 3.63) is 79.8 Å². The van der Waals surface area contributed by atoms with Crippen LogP contribution in [0.15, 0.2) is 35.3 Å². The van der Waals surface area contributed by atoms with Gasteiger partial charge >= 0.3 is 6.03 Å². The highest BCUT2D eigenvalue weighted by molar-refractivity contribution is 6.23. The lowest BCUT2D eigenvalue weighted by Gasteiger charge is -2.54. The predicted octanol–water partition coefficient (Wildman–Crippen LogP) is 2.93. The van der Waals surface area contributed by atoms with Gasteiger partial charge in [-0.2, -0.15) is 0 Å². The summed E-state index contributed by atoms with van der Waals surface area (Å²) in [6.45, 7) is 4.88. The largest absolute Gasteiger partial charge is 0.496 e. The quantitative estimate of drug-likeness (QED) is 0.341. The van der Waals surface area contributed by atoms with E-state index in [1.807, 2.05) is 30.5 Å². The lowest BCUT2D eigenvalue weighted by atomic mass is 9.67. The molecule has 3 aromatic rings. The predicted molar refractivity (Wildman–Crippen MR) is 211 cm³/mol. The standard InChI is InChI=1S/C43H49N7O8/c1-44-42(56)48-12-9-28-31(19-46(2)39(53)32(28)21-48)24-15-35(57-3)33(36(16-24)58-4)20-47-22-43(23-47)10-7-27(8-11-43)49-17-25-13-29-30(14-26(25)18-49)41(55)50(40(29)54)34-5-6-37(51)45-38(34)52/h13-16,19,27,34H,5-12,17-18,20-23H2,1-4H3,(H,44,56)(H,45,51,52). The van der Waals surface area contributed by atoms with Crippen molar-refractivity contribution in [1.82, 2.24) is 34.8 Å². The average Bonchev–Trinajstić information content (AvgIpc) is 3.74. The molecule has 58 heavy (non-hydrogen) atoms. The topological polar surface area (TPSA) is 163 Å². The first-order valence-corrected chi connectivity index (χ1v) is 20.2. The summed E-state index contributed by atoms with van der Waals surface area (Å²) in [5.74, 6) is -0.445. The number of likely N-dealkylation sites (tertiary alicyclic amines) is 1. The Bertz CT molecular complexity index is 2270. The molecule has 1 aromatic heterocycles. The van der Waals surface area contributed by atoms with E-state index in [9.17, 15) is 28.8 Å². The van der Waals surface area contributed by atoms with Crippen LogP contribution in [0.25, 0.3) is 11.1 Å². The second kappa shape index (κ2) is 14.4. The molecule has 6 aliphatic rings. The van der Waals surface area contributed by atoms with Gasteiger partial charge in [-0.1, -0.05) is 0 Å². The molecule has 1 unspecified atom stereocenters. The van der Waals surface area contributed by atoms with E-state index in [4.69, 9.17) is 9.47 Å². The normalized spacial score (nSPS) is 21.8. The van der Waals surface area contributed by atoms with Crippen LogP contribution in [-0.4, -0.2) is 107 Å². The van der Waals surface area contributed by atoms with Crippen LogP contribution in [0, 0.1) is 5.41 Å². The minimum absolute atomic E-state index is 0.0965. The Labute approximate surface area is 336 Å². The molecule has 5 aliphatic heterocycles. The van der Waals surface area contributed by atoms with Crippen molar-refractivity contribution in [1.29, 1.82) is 0 Å². The van der Waals surface area contributed by atoms with Crippen LogP contribution in [0.5, 0.6) is 11.5 Å². The van der Waals surface area contributed by atoms with E-state index in [-0.39, 0.29) is 42.3 Å². The lowest BCUT2D eigenvalue weighted by molar-refractivity contribution is -0.136. The maximum Gasteiger partial charge on any atom is 0.317 e. The summed E-state index contributed by atoms with van der Waals surface area (Å²) in [5, 5.41) is 4.93. The van der Waals surface area contributed by atoms with E-state index >= 15 is 0 Å². The van der Waals surface area contributed by atoms with Crippen LogP contribution in [0.1, 0.15) is 87.1 Å². The smallest absolute Gasteiger partial charge is 0.317 e. The molecule has 2 saturated heterocycles. The molecule has 1 spiro atoms. The number of aromatic nitrogens is 1. The van der Waals surface area contributed by atoms with Gasteiger partial charge in [0.1, 0.15) is 17.5 Å². The van der Waals surface area contributed by atoms with Gasteiger partial charge in [-0.25, -0.2) is 4.79 Å². The molecule has 304 valence electrons. The number of hydrogen-bond donors (Lipinski definition) is 2. The van der Waals surface area contributed by atoms with Crippen molar-refractivity contribution < 1.29 is 33.4 Å². The third-order valence-electron chi connectivity index (χ3n) is 13.5. The fraction of sp³-hybridized carbons (Fsp3) is 0.488. The van der Waals surface area contributed by atoms with Gasteiger partial charge in [0.05, 0.1) is 37.5 Å². The summed E-state index contributed by atoms with van der Waals surface area (Å²) in [4.78, 5) is 84.2. The number of urea groups is 1. The minimum Gasteiger partial charge on any atom is -0.496 e. The Morgan fingerprint density at radius 1 is 0.845 bits per heavy atom. The summed E-state index contributed by atoms with van der Waals surface area (Å²) in [6.07, 6.45) is 7.08. The number of aryl methyl sites for hydroxylation is 1. The highest BCUT2D eigenvalue weighted by Gasteiger charge is 2.48. The zero-order valence-corrected chi connectivity index (χ0v) is 33.4. The van der Waals surface area contributed by atoms with Crippen LogP contribution >= 0.6 is 0 Å². The van der Waals surface area contributed by atoms with Crippen molar-refractivity contribution in [3.8, 4) is 22.6 Å². The molecule has 15 heteroatoms. The number of nitrogens with one attached hydrogen (secondary N) is 2. The number of amides is 6. The average molecular weight is 792 g/mol. The second-order valence-corrected chi connectivity index (χ2v) is 16.9. The Morgan fingerprint density at radius 3 is 2.07 bits per heavy atom. The van der Waals surface area contributed by atoms with Crippen LogP contribution in [-0.2, 0) is 49.2 Å². The fourth-order valence-electron chi connectivity index (χ4n) is 10.5. The summed E-state index contributed by atoms with van der Waals surface area (Å²) < 4.78 is 13.6. The molecule has 9 rings (SSSR count). The van der Waals surface area contributed by atoms with E-state index in [1.165, 1.54) is 0 Å². The molecule has 1 aliphatic carbocycles. The number of pyridine rings is 1. The van der Waals surface area contributed by atoms with Crippen LogP contribution in [0.4, 0.5) is 4.79 Å². The summed E-state index contributed by atoms with van der Waals surface area (Å²) in [7, 11) is 6.69. The Hall–Kier alpha value is -5.54. The summed E-state index contributed by atoms with van der Waals surface area (Å²) >= 11 is 0. The molecule has 6 heterocycles. The van der Waals surface area contributed by atoms with Gasteiger partial charge < -0.3 is 24.3 Å². The van der Waals surface area contributed by atoms with Crippen molar-refractivity contribution in [3.63, 3.8) is 0 Å². The highest BCUT2D eigenvalue weighted by atomic mass is 16.5. The molecule has 0 radical (unpaired) electrons. The highest BCUT2D eigenvalue weighted by Crippen LogP contribution is 2.48. The van der Waals surface area contributed by atoms with E-state index in [1.54, 1.807) is 37.8 Å². The number of imide groups is 2. The summed E-state index contributed by atoms with van der Waals surface area (Å²) in [6, 6.07) is 7.01. The third kappa shape index (κ3) is 6.26. The van der Waals surface area contributed by atoms with Crippen molar-refractivity contribution >= 4 is 29.7 Å². The zero-order chi connectivity index (χ0) is 40.6. The molecule has 3 fully saturated rings. The van der Waals surface area contributed by atoms with Gasteiger partial charge in [0.15, 0.2) is 0 Å². The van der Waals surface area contributed by atoms with Crippen molar-refractivity contribution in [2.45, 2.75) is 83.2 Å². The molecule has 6 amide bonds. The first-order chi connectivity index (χ1) is 27.9. The van der Waals surface area contributed by atoms with Gasteiger partial charge in [0.25, 0.3) is 17.4 Å². The molecule has 1 saturated carbocycles. The molecule has 1 atom stereocenters. The van der Waals surface area contributed by atoms with Gasteiger partial charge in [-0.3, -0.25) is 44.0 Å². The maximum atomic E-state index is 13.4. The summed E-state index contributed by atoms with van der Waals surface area (Å²) in [5.41, 5.74) is 7.35. The van der Waals surface area contributed by atoms with E-state index in [2.05, 4.69) is 20.4 Å². The van der Waals surface area contributed by atoms with Crippen LogP contribution in [0.3, 0.4) is 0 Å². The SMILES string of the molecule is CNC(=O)N1CCc2c(-c3cc(OC)c(CN4CC5(CCC(N6Cc7cc8c(cc7C6)C(=O)N(C6CCC(=O)NC6=O)C8=O)CC5)C4)c(OC)c3)cn(C)c(=O)c2C1. The number of hydrogen-bond acceptors (Lipinski definition) is 10. The first-order valence-electron chi connectivity index (χ1n) is 20.2. The number of nitrogens with zero attached hydrogens (tertiary/aromatic N) is 5. The Kier molecular flexibility index (Phi) is 9.42. The number of carbonyl (C=O) groups is 5. The molecular weight excluding hydrogens is 743 g/mol. The van der Waals surface area contributed by atoms with Crippen molar-refractivity contribution in [2.24, 2.45) is 12.5 Å². The number of piperidine rings is 1. The number of methoxy groups -OCH3 is 2. The molecule has 2 N–H and O–H groups in total. The van der Waals surface area contributed by atoms with Gasteiger partial charge in [0, 0.05) is 83.2 Å². The lowest BCUT2D eigenvalue weighted by Crippen LogP contribution is -2.58. The number of fused-ring (bicyclic) bond motifs is 3. The van der Waals surface area contributed by atoms with Crippen LogP contribution in [0.2, 0.25) is 0 Å². The zero-order valence-electron chi connectivity index (χ0n) is 33.4. The van der Waals surface area contributed by atoms with Gasteiger partial charge in [-0.15, -0.1) is 0 Å². The fourth-order valence-corrected chi connectivity index (χ4v) is 10.5. The molecule has 15 nitrogen and oxygen atoms in total. The van der Waals surface area contributed by atoms with Crippen molar-refractivity contribution in [2.75, 3.05) is 40.9 Å². The molecule has 0 bridgehead atoms. The third-order valence-corrected chi connectivity index (χ3v) is 13.5. The number of rotatable bonds is 7. The molecule has 2 aromatic carbocycles. The van der Waals surface area contributed by atoms with Gasteiger partial charge in [-0.05, 0) is 90.5 Å². The minimum atomic E-state index is -0.965. The van der Waals surface area contributed by atoms with E-state index < -0.39 is 23.8 Å². The van der Waals surface area contributed by atoms with E-state index in [0.29, 0.717) is 42.2 Å². The Balaban J connectivity index is 0.836. The maximum absolute atomic E-state index is 13.4. The number of benzene rings is 2. The second-order valence-electron chi connectivity index (χ2n) is 16.9. The Morgan fingerprint density at radius 2 is 1.48 bits per heavy atom. The monoisotopic (exact) mass is 791 g/mol. The number of carbonyl (C=O) groups excluding carboxylic acids is 5. The molecular formula is C43H49N7O8. The van der Waals surface area contributed by atoms with Gasteiger partial charge in [0.2, 0.25) is 11.8 Å². The first kappa shape index (κ1) is 38.0. The van der Waals surface area contributed by atoms with E-state index in [0.717, 1.165) is 102 Å².